The van der Waals surface area contributed by atoms with E-state index in [-0.39, 0.29) is 37.4 Å². The minimum atomic E-state index is -0.354. The molecule has 0 radical (unpaired) electrons. The molecule has 0 heterocycles. The van der Waals surface area contributed by atoms with Crippen LogP contribution in [0.3, 0.4) is 0 Å². The van der Waals surface area contributed by atoms with Gasteiger partial charge in [-0.2, -0.15) is 0 Å². The van der Waals surface area contributed by atoms with E-state index in [4.69, 9.17) is 9.84 Å². The third-order valence-electron chi connectivity index (χ3n) is 2.20. The number of aliphatic hydroxyl groups is 1. The standard InChI is InChI=1S/C11H21NO4/c1-3-9(7-8-13)12-10(14)5-6-11(15)16-4-2/h9,13H,3-8H2,1-2H3,(H,12,14). The fourth-order valence-electron chi connectivity index (χ4n) is 1.28. The Kier molecular flexibility index (Phi) is 8.52. The Morgan fingerprint density at radius 2 is 2.00 bits per heavy atom. The minimum Gasteiger partial charge on any atom is -0.466 e. The van der Waals surface area contributed by atoms with Crippen LogP contribution in [-0.4, -0.2) is 36.2 Å². The molecule has 2 N–H and O–H groups in total. The van der Waals surface area contributed by atoms with E-state index in [0.29, 0.717) is 13.0 Å². The Balaban J connectivity index is 3.75. The minimum absolute atomic E-state index is 0.0142. The fraction of sp³-hybridized carbons (Fsp3) is 0.818. The first-order valence-corrected chi connectivity index (χ1v) is 5.69. The second-order valence-corrected chi connectivity index (χ2v) is 3.49. The molecular formula is C11H21NO4. The first-order valence-electron chi connectivity index (χ1n) is 5.69. The van der Waals surface area contributed by atoms with Crippen LogP contribution in [0, 0.1) is 0 Å². The van der Waals surface area contributed by atoms with Gasteiger partial charge in [0.1, 0.15) is 0 Å². The number of hydrogen-bond donors (Lipinski definition) is 2. The van der Waals surface area contributed by atoms with Gasteiger partial charge in [0.15, 0.2) is 0 Å². The van der Waals surface area contributed by atoms with E-state index in [2.05, 4.69) is 5.32 Å². The number of esters is 1. The zero-order chi connectivity index (χ0) is 12.4. The first kappa shape index (κ1) is 14.9. The predicted molar refractivity (Wildman–Crippen MR) is 59.8 cm³/mol. The summed E-state index contributed by atoms with van der Waals surface area (Å²) in [6.07, 6.45) is 1.56. The number of aliphatic hydroxyl groups excluding tert-OH is 1. The molecule has 0 spiro atoms. The topological polar surface area (TPSA) is 75.6 Å². The lowest BCUT2D eigenvalue weighted by Gasteiger charge is -2.15. The molecule has 94 valence electrons. The van der Waals surface area contributed by atoms with Crippen LogP contribution >= 0.6 is 0 Å². The van der Waals surface area contributed by atoms with Crippen LogP contribution in [0.4, 0.5) is 0 Å². The van der Waals surface area contributed by atoms with Crippen molar-refractivity contribution in [3.8, 4) is 0 Å². The summed E-state index contributed by atoms with van der Waals surface area (Å²) in [6, 6.07) is -0.0142. The molecule has 0 rings (SSSR count). The summed E-state index contributed by atoms with van der Waals surface area (Å²) >= 11 is 0. The molecule has 16 heavy (non-hydrogen) atoms. The zero-order valence-electron chi connectivity index (χ0n) is 9.99. The monoisotopic (exact) mass is 231 g/mol. The normalized spacial score (nSPS) is 11.9. The number of ether oxygens (including phenoxy) is 1. The van der Waals surface area contributed by atoms with Crippen LogP contribution in [0.2, 0.25) is 0 Å². The molecule has 0 aromatic heterocycles. The molecule has 1 atom stereocenters. The maximum Gasteiger partial charge on any atom is 0.306 e. The molecule has 0 aliphatic rings. The largest absolute Gasteiger partial charge is 0.466 e. The highest BCUT2D eigenvalue weighted by atomic mass is 16.5. The van der Waals surface area contributed by atoms with Gasteiger partial charge in [0.2, 0.25) is 5.91 Å². The molecule has 0 aliphatic carbocycles. The molecule has 0 saturated carbocycles. The van der Waals surface area contributed by atoms with Gasteiger partial charge in [-0.25, -0.2) is 0 Å². The van der Waals surface area contributed by atoms with Gasteiger partial charge < -0.3 is 15.2 Å². The molecule has 0 aromatic carbocycles. The summed E-state index contributed by atoms with van der Waals surface area (Å²) in [7, 11) is 0. The highest BCUT2D eigenvalue weighted by molar-refractivity contribution is 5.81. The van der Waals surface area contributed by atoms with E-state index in [9.17, 15) is 9.59 Å². The molecule has 0 fully saturated rings. The number of carbonyl (C=O) groups is 2. The van der Waals surface area contributed by atoms with Crippen molar-refractivity contribution in [1.82, 2.24) is 5.32 Å². The third-order valence-corrected chi connectivity index (χ3v) is 2.20. The van der Waals surface area contributed by atoms with Crippen molar-refractivity contribution in [3.63, 3.8) is 0 Å². The highest BCUT2D eigenvalue weighted by Crippen LogP contribution is 1.99. The lowest BCUT2D eigenvalue weighted by Crippen LogP contribution is -2.35. The average molecular weight is 231 g/mol. The predicted octanol–water partition coefficient (Wildman–Crippen LogP) is 0.607. The van der Waals surface area contributed by atoms with E-state index >= 15 is 0 Å². The van der Waals surface area contributed by atoms with Crippen molar-refractivity contribution in [1.29, 1.82) is 0 Å². The maximum atomic E-state index is 11.4. The smallest absolute Gasteiger partial charge is 0.306 e. The average Bonchev–Trinajstić information content (AvgIpc) is 2.26. The van der Waals surface area contributed by atoms with Crippen molar-refractivity contribution < 1.29 is 19.4 Å². The molecule has 0 bridgehead atoms. The van der Waals surface area contributed by atoms with E-state index < -0.39 is 0 Å². The summed E-state index contributed by atoms with van der Waals surface area (Å²) in [5, 5.41) is 11.5. The van der Waals surface area contributed by atoms with E-state index in [1.807, 2.05) is 6.92 Å². The van der Waals surface area contributed by atoms with Gasteiger partial charge >= 0.3 is 5.97 Å². The van der Waals surface area contributed by atoms with Gasteiger partial charge in [0, 0.05) is 19.1 Å². The van der Waals surface area contributed by atoms with Crippen molar-refractivity contribution in [3.05, 3.63) is 0 Å². The number of rotatable bonds is 8. The Hall–Kier alpha value is -1.10. The summed E-state index contributed by atoms with van der Waals surface area (Å²) in [6.45, 7) is 4.05. The van der Waals surface area contributed by atoms with Gasteiger partial charge in [-0.3, -0.25) is 9.59 Å². The summed E-state index contributed by atoms with van der Waals surface area (Å²) in [5.74, 6) is -0.527. The summed E-state index contributed by atoms with van der Waals surface area (Å²) in [5.41, 5.74) is 0. The van der Waals surface area contributed by atoms with Crippen LogP contribution in [0.5, 0.6) is 0 Å². The van der Waals surface area contributed by atoms with Gasteiger partial charge in [-0.05, 0) is 19.8 Å². The molecular weight excluding hydrogens is 210 g/mol. The summed E-state index contributed by atoms with van der Waals surface area (Å²) < 4.78 is 4.71. The van der Waals surface area contributed by atoms with Crippen molar-refractivity contribution in [2.45, 2.75) is 45.6 Å². The maximum absolute atomic E-state index is 11.4. The van der Waals surface area contributed by atoms with Crippen LogP contribution in [0.15, 0.2) is 0 Å². The first-order chi connectivity index (χ1) is 7.63. The molecule has 1 amide bonds. The molecule has 0 aliphatic heterocycles. The number of carbonyl (C=O) groups excluding carboxylic acids is 2. The lowest BCUT2D eigenvalue weighted by atomic mass is 10.1. The van der Waals surface area contributed by atoms with Gasteiger partial charge in [0.25, 0.3) is 0 Å². The highest BCUT2D eigenvalue weighted by Gasteiger charge is 2.11. The van der Waals surface area contributed by atoms with E-state index in [0.717, 1.165) is 6.42 Å². The molecule has 1 unspecified atom stereocenters. The molecule has 5 heteroatoms. The second kappa shape index (κ2) is 9.15. The van der Waals surface area contributed by atoms with Crippen molar-refractivity contribution in [2.75, 3.05) is 13.2 Å². The third kappa shape index (κ3) is 7.23. The number of nitrogens with one attached hydrogen (secondary N) is 1. The van der Waals surface area contributed by atoms with Crippen LogP contribution < -0.4 is 5.32 Å². The Morgan fingerprint density at radius 1 is 1.31 bits per heavy atom. The molecule has 0 aromatic rings. The Morgan fingerprint density at radius 3 is 2.50 bits per heavy atom. The Bertz CT molecular complexity index is 218. The van der Waals surface area contributed by atoms with Gasteiger partial charge in [-0.15, -0.1) is 0 Å². The number of amides is 1. The Labute approximate surface area is 96.2 Å². The van der Waals surface area contributed by atoms with Crippen LogP contribution in [0.1, 0.15) is 39.5 Å². The second-order valence-electron chi connectivity index (χ2n) is 3.49. The number of hydrogen-bond acceptors (Lipinski definition) is 4. The quantitative estimate of drug-likeness (QED) is 0.600. The molecule has 0 saturated heterocycles. The van der Waals surface area contributed by atoms with Crippen molar-refractivity contribution in [2.24, 2.45) is 0 Å². The van der Waals surface area contributed by atoms with Crippen LogP contribution in [-0.2, 0) is 14.3 Å². The lowest BCUT2D eigenvalue weighted by molar-refractivity contribution is -0.144. The SMILES string of the molecule is CCOC(=O)CCC(=O)NC(CC)CCO. The molecule has 5 nitrogen and oxygen atoms in total. The van der Waals surface area contributed by atoms with E-state index in [1.165, 1.54) is 0 Å². The van der Waals surface area contributed by atoms with Crippen molar-refractivity contribution >= 4 is 11.9 Å². The summed E-state index contributed by atoms with van der Waals surface area (Å²) in [4.78, 5) is 22.4. The van der Waals surface area contributed by atoms with E-state index in [1.54, 1.807) is 6.92 Å². The van der Waals surface area contributed by atoms with Gasteiger partial charge in [0.05, 0.1) is 13.0 Å². The van der Waals surface area contributed by atoms with Gasteiger partial charge in [-0.1, -0.05) is 6.92 Å². The zero-order valence-corrected chi connectivity index (χ0v) is 9.99. The fourth-order valence-corrected chi connectivity index (χ4v) is 1.28. The van der Waals surface area contributed by atoms with Crippen LogP contribution in [0.25, 0.3) is 0 Å².